The number of esters is 1. The topological polar surface area (TPSA) is 58.6 Å². The first-order chi connectivity index (χ1) is 13.2. The molecule has 1 amide bonds. The van der Waals surface area contributed by atoms with E-state index in [2.05, 4.69) is 5.32 Å². The van der Waals surface area contributed by atoms with Crippen LogP contribution in [0.4, 0.5) is 11.4 Å². The van der Waals surface area contributed by atoms with Crippen LogP contribution in [0.3, 0.4) is 0 Å². The average molecular weight is 383 g/mol. The van der Waals surface area contributed by atoms with E-state index in [-0.39, 0.29) is 18.4 Å². The van der Waals surface area contributed by atoms with Gasteiger partial charge < -0.3 is 15.0 Å². The minimum Gasteiger partial charge on any atom is -0.458 e. The number of benzene rings is 2. The standard InChI is InChI=1S/C23H30N2O3/c1-17(2)21(22(27)28-23(3,4)5)24-20(26)16-25(18-12-8-6-9-13-18)19-14-10-7-11-15-19/h6-15,17,21H,16H2,1-5H3,(H,24,26)/t21-/m1/s1. The summed E-state index contributed by atoms with van der Waals surface area (Å²) in [5.74, 6) is -0.736. The zero-order chi connectivity index (χ0) is 20.7. The fourth-order valence-corrected chi connectivity index (χ4v) is 2.77. The van der Waals surface area contributed by atoms with E-state index in [0.29, 0.717) is 0 Å². The lowest BCUT2D eigenvalue weighted by molar-refractivity contribution is -0.159. The molecule has 0 aliphatic rings. The maximum absolute atomic E-state index is 12.8. The van der Waals surface area contributed by atoms with Gasteiger partial charge in [0.2, 0.25) is 5.91 Å². The molecule has 2 aromatic carbocycles. The summed E-state index contributed by atoms with van der Waals surface area (Å²) in [7, 11) is 0. The molecule has 0 aliphatic heterocycles. The molecule has 1 atom stereocenters. The minimum atomic E-state index is -0.694. The molecule has 2 aromatic rings. The molecule has 0 heterocycles. The van der Waals surface area contributed by atoms with E-state index in [1.54, 1.807) is 0 Å². The number of nitrogens with zero attached hydrogens (tertiary/aromatic N) is 1. The van der Waals surface area contributed by atoms with Gasteiger partial charge in [-0.2, -0.15) is 0 Å². The Morgan fingerprint density at radius 1 is 0.929 bits per heavy atom. The first-order valence-corrected chi connectivity index (χ1v) is 9.57. The van der Waals surface area contributed by atoms with Gasteiger partial charge in [0.25, 0.3) is 0 Å². The van der Waals surface area contributed by atoms with Crippen molar-refractivity contribution in [3.05, 3.63) is 60.7 Å². The molecule has 0 spiro atoms. The third-order valence-corrected chi connectivity index (χ3v) is 4.08. The van der Waals surface area contributed by atoms with Gasteiger partial charge >= 0.3 is 5.97 Å². The van der Waals surface area contributed by atoms with E-state index in [9.17, 15) is 9.59 Å². The number of carbonyl (C=O) groups is 2. The number of nitrogens with one attached hydrogen (secondary N) is 1. The van der Waals surface area contributed by atoms with E-state index in [0.717, 1.165) is 11.4 Å². The van der Waals surface area contributed by atoms with Crippen LogP contribution in [-0.2, 0) is 14.3 Å². The van der Waals surface area contributed by atoms with Crippen molar-refractivity contribution < 1.29 is 14.3 Å². The zero-order valence-electron chi connectivity index (χ0n) is 17.3. The monoisotopic (exact) mass is 382 g/mol. The highest BCUT2D eigenvalue weighted by molar-refractivity contribution is 5.89. The quantitative estimate of drug-likeness (QED) is 0.725. The summed E-state index contributed by atoms with van der Waals surface area (Å²) in [4.78, 5) is 27.3. The van der Waals surface area contributed by atoms with E-state index in [4.69, 9.17) is 4.74 Å². The van der Waals surface area contributed by atoms with Gasteiger partial charge in [-0.05, 0) is 51.0 Å². The van der Waals surface area contributed by atoms with Crippen LogP contribution in [0.25, 0.3) is 0 Å². The Kier molecular flexibility index (Phi) is 7.21. The summed E-state index contributed by atoms with van der Waals surface area (Å²) in [5, 5.41) is 2.85. The van der Waals surface area contributed by atoms with Crippen LogP contribution in [0.5, 0.6) is 0 Å². The highest BCUT2D eigenvalue weighted by Gasteiger charge is 2.29. The van der Waals surface area contributed by atoms with Crippen molar-refractivity contribution in [3.63, 3.8) is 0 Å². The molecule has 0 radical (unpaired) electrons. The number of carbonyl (C=O) groups excluding carboxylic acids is 2. The van der Waals surface area contributed by atoms with Crippen LogP contribution in [-0.4, -0.2) is 30.1 Å². The van der Waals surface area contributed by atoms with Crippen LogP contribution in [0.2, 0.25) is 0 Å². The Morgan fingerprint density at radius 3 is 1.79 bits per heavy atom. The van der Waals surface area contributed by atoms with Gasteiger partial charge in [0.05, 0.1) is 0 Å². The Balaban J connectivity index is 2.17. The summed E-state index contributed by atoms with van der Waals surface area (Å²) >= 11 is 0. The normalized spacial score (nSPS) is 12.4. The molecule has 0 aromatic heterocycles. The average Bonchev–Trinajstić information content (AvgIpc) is 2.64. The molecule has 0 saturated carbocycles. The summed E-state index contributed by atoms with van der Waals surface area (Å²) in [6, 6.07) is 18.7. The van der Waals surface area contributed by atoms with Crippen molar-refractivity contribution in [1.29, 1.82) is 0 Å². The minimum absolute atomic E-state index is 0.0827. The van der Waals surface area contributed by atoms with Crippen LogP contribution in [0.1, 0.15) is 34.6 Å². The third kappa shape index (κ3) is 6.41. The van der Waals surface area contributed by atoms with Gasteiger partial charge in [-0.3, -0.25) is 4.79 Å². The molecule has 0 unspecified atom stereocenters. The van der Waals surface area contributed by atoms with Crippen LogP contribution in [0, 0.1) is 5.92 Å². The SMILES string of the molecule is CC(C)[C@@H](NC(=O)CN(c1ccccc1)c1ccccc1)C(=O)OC(C)(C)C. The van der Waals surface area contributed by atoms with Crippen LogP contribution in [0.15, 0.2) is 60.7 Å². The van der Waals surface area contributed by atoms with Gasteiger partial charge in [-0.1, -0.05) is 50.2 Å². The molecule has 0 saturated heterocycles. The lowest BCUT2D eigenvalue weighted by Crippen LogP contribution is -2.49. The second-order valence-corrected chi connectivity index (χ2v) is 8.08. The number of amides is 1. The maximum atomic E-state index is 12.8. The molecule has 2 rings (SSSR count). The highest BCUT2D eigenvalue weighted by atomic mass is 16.6. The number of hydrogen-bond acceptors (Lipinski definition) is 4. The van der Waals surface area contributed by atoms with Crippen LogP contribution < -0.4 is 10.2 Å². The Labute approximate surface area is 167 Å². The Morgan fingerprint density at radius 2 is 1.39 bits per heavy atom. The fraction of sp³-hybridized carbons (Fsp3) is 0.391. The van der Waals surface area contributed by atoms with Crippen molar-refractivity contribution in [2.45, 2.75) is 46.3 Å². The van der Waals surface area contributed by atoms with Crippen molar-refractivity contribution >= 4 is 23.3 Å². The fourth-order valence-electron chi connectivity index (χ4n) is 2.77. The summed E-state index contributed by atoms with van der Waals surface area (Å²) in [6.45, 7) is 9.33. The largest absolute Gasteiger partial charge is 0.458 e. The van der Waals surface area contributed by atoms with E-state index < -0.39 is 17.6 Å². The Hall–Kier alpha value is -2.82. The molecule has 1 N–H and O–H groups in total. The van der Waals surface area contributed by atoms with Gasteiger partial charge in [0, 0.05) is 11.4 Å². The molecular weight excluding hydrogens is 352 g/mol. The van der Waals surface area contributed by atoms with Crippen molar-refractivity contribution in [3.8, 4) is 0 Å². The first kappa shape index (κ1) is 21.5. The summed E-state index contributed by atoms with van der Waals surface area (Å²) in [5.41, 5.74) is 1.21. The van der Waals surface area contributed by atoms with Gasteiger partial charge in [-0.25, -0.2) is 4.79 Å². The lowest BCUT2D eigenvalue weighted by Gasteiger charge is -2.28. The Bertz CT molecular complexity index is 728. The molecule has 28 heavy (non-hydrogen) atoms. The first-order valence-electron chi connectivity index (χ1n) is 9.57. The zero-order valence-corrected chi connectivity index (χ0v) is 17.3. The molecule has 5 heteroatoms. The molecular formula is C23H30N2O3. The lowest BCUT2D eigenvalue weighted by atomic mass is 10.0. The number of hydrogen-bond donors (Lipinski definition) is 1. The maximum Gasteiger partial charge on any atom is 0.329 e. The second kappa shape index (κ2) is 9.40. The third-order valence-electron chi connectivity index (χ3n) is 4.08. The highest BCUT2D eigenvalue weighted by Crippen LogP contribution is 2.24. The summed E-state index contributed by atoms with van der Waals surface area (Å²) in [6.07, 6.45) is 0. The van der Waals surface area contributed by atoms with E-state index in [1.807, 2.05) is 100 Å². The number of anilines is 2. The molecule has 0 aliphatic carbocycles. The number of rotatable bonds is 7. The van der Waals surface area contributed by atoms with Gasteiger partial charge in [-0.15, -0.1) is 0 Å². The smallest absolute Gasteiger partial charge is 0.329 e. The number of ether oxygens (including phenoxy) is 1. The van der Waals surface area contributed by atoms with Crippen LogP contribution >= 0.6 is 0 Å². The molecule has 0 bridgehead atoms. The van der Waals surface area contributed by atoms with Crippen molar-refractivity contribution in [1.82, 2.24) is 5.32 Å². The van der Waals surface area contributed by atoms with Gasteiger partial charge in [0.1, 0.15) is 18.2 Å². The predicted octanol–water partition coefficient (Wildman–Crippen LogP) is 4.31. The van der Waals surface area contributed by atoms with E-state index in [1.165, 1.54) is 0 Å². The molecule has 0 fully saturated rings. The molecule has 5 nitrogen and oxygen atoms in total. The van der Waals surface area contributed by atoms with Gasteiger partial charge in [0.15, 0.2) is 0 Å². The predicted molar refractivity (Wildman–Crippen MR) is 113 cm³/mol. The van der Waals surface area contributed by atoms with E-state index >= 15 is 0 Å². The van der Waals surface area contributed by atoms with Crippen molar-refractivity contribution in [2.24, 2.45) is 5.92 Å². The summed E-state index contributed by atoms with van der Waals surface area (Å²) < 4.78 is 5.47. The second-order valence-electron chi connectivity index (χ2n) is 8.08. The molecule has 150 valence electrons. The van der Waals surface area contributed by atoms with Crippen molar-refractivity contribution in [2.75, 3.05) is 11.4 Å². The number of para-hydroxylation sites is 2.